The molecule has 0 bridgehead atoms. The van der Waals surface area contributed by atoms with E-state index >= 15 is 0 Å². The molecule has 1 aromatic rings. The third-order valence-corrected chi connectivity index (χ3v) is 4.06. The lowest BCUT2D eigenvalue weighted by Crippen LogP contribution is -2.44. The Balaban J connectivity index is 1.90. The van der Waals surface area contributed by atoms with Gasteiger partial charge in [-0.1, -0.05) is 23.7 Å². The van der Waals surface area contributed by atoms with Crippen molar-refractivity contribution >= 4 is 23.5 Å². The van der Waals surface area contributed by atoms with Crippen molar-refractivity contribution in [3.63, 3.8) is 0 Å². The number of hydrogen-bond donors (Lipinski definition) is 3. The highest BCUT2D eigenvalue weighted by atomic mass is 35.5. The number of hydrogen-bond acceptors (Lipinski definition) is 3. The highest BCUT2D eigenvalue weighted by Gasteiger charge is 2.39. The summed E-state index contributed by atoms with van der Waals surface area (Å²) in [4.78, 5) is 26.0. The molecule has 3 N–H and O–H groups in total. The summed E-state index contributed by atoms with van der Waals surface area (Å²) in [6.07, 6.45) is 0.513. The minimum Gasteiger partial charge on any atom is -0.396 e. The number of amides is 3. The molecule has 0 saturated carbocycles. The van der Waals surface area contributed by atoms with E-state index < -0.39 is 6.04 Å². The second kappa shape index (κ2) is 5.98. The Labute approximate surface area is 132 Å². The van der Waals surface area contributed by atoms with Crippen LogP contribution in [0.4, 0.5) is 4.79 Å². The molecule has 0 radical (unpaired) electrons. The molecule has 0 aliphatic carbocycles. The molecule has 2 heterocycles. The largest absolute Gasteiger partial charge is 0.396 e. The van der Waals surface area contributed by atoms with Gasteiger partial charge in [-0.05, 0) is 24.1 Å². The molecule has 116 valence electrons. The topological polar surface area (TPSA) is 81.7 Å². The molecule has 0 spiro atoms. The van der Waals surface area contributed by atoms with Crippen molar-refractivity contribution in [2.75, 3.05) is 19.7 Å². The van der Waals surface area contributed by atoms with Crippen LogP contribution >= 0.6 is 11.6 Å². The number of aliphatic hydroxyl groups excluding tert-OH is 1. The molecule has 2 aliphatic heterocycles. The Hall–Kier alpha value is -2.05. The molecule has 1 aromatic carbocycles. The van der Waals surface area contributed by atoms with Crippen LogP contribution in [0.3, 0.4) is 0 Å². The number of urea groups is 1. The Kier molecular flexibility index (Phi) is 4.04. The predicted octanol–water partition coefficient (Wildman–Crippen LogP) is 1.17. The molecule has 7 heteroatoms. The van der Waals surface area contributed by atoms with Crippen molar-refractivity contribution in [3.05, 3.63) is 46.1 Å². The summed E-state index contributed by atoms with van der Waals surface area (Å²) < 4.78 is 0. The van der Waals surface area contributed by atoms with Crippen LogP contribution in [0.15, 0.2) is 35.5 Å². The second-order valence-electron chi connectivity index (χ2n) is 5.28. The fraction of sp³-hybridized carbons (Fsp3) is 0.333. The van der Waals surface area contributed by atoms with E-state index in [0.29, 0.717) is 35.8 Å². The van der Waals surface area contributed by atoms with Gasteiger partial charge in [0, 0.05) is 18.2 Å². The molecule has 0 fully saturated rings. The first-order valence-corrected chi connectivity index (χ1v) is 7.44. The van der Waals surface area contributed by atoms with Crippen LogP contribution in [0.25, 0.3) is 0 Å². The van der Waals surface area contributed by atoms with Gasteiger partial charge in [0.25, 0.3) is 5.91 Å². The number of carbonyl (C=O) groups excluding carboxylic acids is 2. The Morgan fingerprint density at radius 1 is 1.27 bits per heavy atom. The van der Waals surface area contributed by atoms with Gasteiger partial charge in [-0.3, -0.25) is 4.79 Å². The third-order valence-electron chi connectivity index (χ3n) is 3.81. The van der Waals surface area contributed by atoms with Gasteiger partial charge >= 0.3 is 6.03 Å². The second-order valence-corrected chi connectivity index (χ2v) is 5.72. The van der Waals surface area contributed by atoms with E-state index in [4.69, 9.17) is 16.7 Å². The molecule has 1 atom stereocenters. The summed E-state index contributed by atoms with van der Waals surface area (Å²) in [5, 5.41) is 15.0. The monoisotopic (exact) mass is 321 g/mol. The van der Waals surface area contributed by atoms with E-state index in [9.17, 15) is 9.59 Å². The van der Waals surface area contributed by atoms with Gasteiger partial charge in [-0.25, -0.2) is 4.79 Å². The lowest BCUT2D eigenvalue weighted by atomic mass is 9.96. The van der Waals surface area contributed by atoms with E-state index in [1.54, 1.807) is 29.2 Å². The number of halogens is 1. The van der Waals surface area contributed by atoms with Crippen LogP contribution in [-0.2, 0) is 4.79 Å². The number of nitrogens with zero attached hydrogens (tertiary/aromatic N) is 1. The fourth-order valence-electron chi connectivity index (χ4n) is 2.78. The number of nitrogens with one attached hydrogen (secondary N) is 2. The zero-order chi connectivity index (χ0) is 15.7. The lowest BCUT2D eigenvalue weighted by Gasteiger charge is -2.25. The quantitative estimate of drug-likeness (QED) is 0.778. The zero-order valence-electron chi connectivity index (χ0n) is 11.8. The molecular weight excluding hydrogens is 306 g/mol. The van der Waals surface area contributed by atoms with Crippen LogP contribution in [0.1, 0.15) is 18.0 Å². The van der Waals surface area contributed by atoms with Crippen LogP contribution < -0.4 is 10.6 Å². The Bertz CT molecular complexity index is 642. The lowest BCUT2D eigenvalue weighted by molar-refractivity contribution is -0.125. The summed E-state index contributed by atoms with van der Waals surface area (Å²) in [6.45, 7) is 0.858. The Morgan fingerprint density at radius 2 is 2.00 bits per heavy atom. The smallest absolute Gasteiger partial charge is 0.319 e. The van der Waals surface area contributed by atoms with Gasteiger partial charge in [0.15, 0.2) is 0 Å². The van der Waals surface area contributed by atoms with Crippen molar-refractivity contribution < 1.29 is 14.7 Å². The number of carbonyl (C=O) groups is 2. The summed E-state index contributed by atoms with van der Waals surface area (Å²) in [5.74, 6) is -0.115. The first kappa shape index (κ1) is 14.9. The zero-order valence-corrected chi connectivity index (χ0v) is 12.6. The average molecular weight is 322 g/mol. The standard InChI is InChI=1S/C15H16ClN3O3/c16-10-4-2-9(3-5-10)13-12-11(17-15(22)18-13)8-19(14(12)21)6-1-7-20/h2-5,13,20H,1,6-8H2,(H2,17,18,22). The molecular formula is C15H16ClN3O3. The summed E-state index contributed by atoms with van der Waals surface area (Å²) in [6, 6.07) is 6.26. The molecule has 2 aliphatic rings. The van der Waals surface area contributed by atoms with Crippen LogP contribution in [0, 0.1) is 0 Å². The number of rotatable bonds is 4. The minimum absolute atomic E-state index is 0.0274. The van der Waals surface area contributed by atoms with Crippen molar-refractivity contribution in [1.82, 2.24) is 15.5 Å². The van der Waals surface area contributed by atoms with Crippen molar-refractivity contribution in [3.8, 4) is 0 Å². The maximum Gasteiger partial charge on any atom is 0.319 e. The van der Waals surface area contributed by atoms with Crippen molar-refractivity contribution in [1.29, 1.82) is 0 Å². The first-order chi connectivity index (χ1) is 10.6. The minimum atomic E-state index is -0.479. The van der Waals surface area contributed by atoms with Gasteiger partial charge in [0.1, 0.15) is 0 Å². The molecule has 6 nitrogen and oxygen atoms in total. The molecule has 3 rings (SSSR count). The van der Waals surface area contributed by atoms with E-state index in [-0.39, 0.29) is 18.5 Å². The normalized spacial score (nSPS) is 20.8. The fourth-order valence-corrected chi connectivity index (χ4v) is 2.90. The summed E-state index contributed by atoms with van der Waals surface area (Å²) in [5.41, 5.74) is 2.00. The van der Waals surface area contributed by atoms with Crippen LogP contribution in [-0.4, -0.2) is 41.6 Å². The maximum atomic E-state index is 12.6. The van der Waals surface area contributed by atoms with Crippen LogP contribution in [0.5, 0.6) is 0 Å². The van der Waals surface area contributed by atoms with Gasteiger partial charge in [0.05, 0.1) is 23.9 Å². The van der Waals surface area contributed by atoms with E-state index in [0.717, 1.165) is 5.56 Å². The van der Waals surface area contributed by atoms with E-state index in [1.165, 1.54) is 0 Å². The van der Waals surface area contributed by atoms with Gasteiger partial charge < -0.3 is 20.6 Å². The van der Waals surface area contributed by atoms with E-state index in [1.807, 2.05) is 0 Å². The van der Waals surface area contributed by atoms with Gasteiger partial charge in [-0.15, -0.1) is 0 Å². The molecule has 1 unspecified atom stereocenters. The van der Waals surface area contributed by atoms with Crippen LogP contribution in [0.2, 0.25) is 5.02 Å². The number of benzene rings is 1. The van der Waals surface area contributed by atoms with E-state index in [2.05, 4.69) is 10.6 Å². The molecule has 22 heavy (non-hydrogen) atoms. The third kappa shape index (κ3) is 2.67. The molecule has 0 saturated heterocycles. The van der Waals surface area contributed by atoms with Gasteiger partial charge in [0.2, 0.25) is 0 Å². The predicted molar refractivity (Wildman–Crippen MR) is 81.2 cm³/mol. The highest BCUT2D eigenvalue weighted by molar-refractivity contribution is 6.30. The SMILES string of the molecule is O=C1NC2=C(C(=O)N(CCCO)C2)C(c2ccc(Cl)cc2)N1. The van der Waals surface area contributed by atoms with Crippen molar-refractivity contribution in [2.45, 2.75) is 12.5 Å². The summed E-state index contributed by atoms with van der Waals surface area (Å²) >= 11 is 5.89. The first-order valence-electron chi connectivity index (χ1n) is 7.06. The maximum absolute atomic E-state index is 12.6. The Morgan fingerprint density at radius 3 is 2.68 bits per heavy atom. The number of aliphatic hydroxyl groups is 1. The summed E-state index contributed by atoms with van der Waals surface area (Å²) in [7, 11) is 0. The molecule has 3 amide bonds. The average Bonchev–Trinajstić information content (AvgIpc) is 2.81. The highest BCUT2D eigenvalue weighted by Crippen LogP contribution is 2.32. The van der Waals surface area contributed by atoms with Gasteiger partial charge in [-0.2, -0.15) is 0 Å². The molecule has 0 aromatic heterocycles. The van der Waals surface area contributed by atoms with Crippen molar-refractivity contribution in [2.24, 2.45) is 0 Å².